The predicted molar refractivity (Wildman–Crippen MR) is 152 cm³/mol. The highest BCUT2D eigenvalue weighted by molar-refractivity contribution is 5.97. The van der Waals surface area contributed by atoms with Gasteiger partial charge in [0.15, 0.2) is 11.4 Å². The lowest BCUT2D eigenvalue weighted by Gasteiger charge is -2.46. The molecule has 1 saturated carbocycles. The molecule has 1 atom stereocenters. The Morgan fingerprint density at radius 3 is 2.38 bits per heavy atom. The van der Waals surface area contributed by atoms with Gasteiger partial charge in [0.05, 0.1) is 5.54 Å². The molecule has 4 aromatic rings. The van der Waals surface area contributed by atoms with Crippen LogP contribution < -0.4 is 19.9 Å². The fourth-order valence-corrected chi connectivity index (χ4v) is 5.79. The van der Waals surface area contributed by atoms with Crippen LogP contribution in [-0.4, -0.2) is 34.3 Å². The van der Waals surface area contributed by atoms with E-state index < -0.39 is 5.54 Å². The summed E-state index contributed by atoms with van der Waals surface area (Å²) in [5.74, 6) is 0.635. The zero-order valence-electron chi connectivity index (χ0n) is 22.0. The summed E-state index contributed by atoms with van der Waals surface area (Å²) < 4.78 is 14.3. The van der Waals surface area contributed by atoms with E-state index in [1.54, 1.807) is 6.20 Å². The van der Waals surface area contributed by atoms with Crippen molar-refractivity contribution < 1.29 is 14.3 Å². The molecule has 2 bridgehead atoms. The molecule has 0 radical (unpaired) electrons. The zero-order chi connectivity index (χ0) is 27.1. The molecule has 2 aliphatic heterocycles. The quantitative estimate of drug-likeness (QED) is 0.345. The lowest BCUT2D eigenvalue weighted by molar-refractivity contribution is 0.0602. The Hall–Kier alpha value is -4.78. The van der Waals surface area contributed by atoms with Crippen molar-refractivity contribution in [3.05, 3.63) is 142 Å². The Morgan fingerprint density at radius 2 is 1.60 bits per heavy atom. The molecule has 0 N–H and O–H groups in total. The van der Waals surface area contributed by atoms with Crippen LogP contribution in [0.15, 0.2) is 114 Å². The summed E-state index contributed by atoms with van der Waals surface area (Å²) in [6.45, 7) is 0.924. The third-order valence-corrected chi connectivity index (χ3v) is 7.96. The number of nitrogens with zero attached hydrogens (tertiary/aromatic N) is 3. The van der Waals surface area contributed by atoms with Crippen molar-refractivity contribution in [2.75, 3.05) is 18.3 Å². The fraction of sp³-hybridized carbons (Fsp3) is 0.212. The van der Waals surface area contributed by atoms with E-state index in [2.05, 4.69) is 29.3 Å². The molecular weight excluding hydrogens is 502 g/mol. The predicted octanol–water partition coefficient (Wildman–Crippen LogP) is 5.05. The molecule has 40 heavy (non-hydrogen) atoms. The van der Waals surface area contributed by atoms with Gasteiger partial charge in [0.1, 0.15) is 31.7 Å². The molecule has 3 heterocycles. The van der Waals surface area contributed by atoms with E-state index in [-0.39, 0.29) is 35.4 Å². The number of ether oxygens (including phenoxy) is 2. The highest BCUT2D eigenvalue weighted by atomic mass is 16.5. The lowest BCUT2D eigenvalue weighted by atomic mass is 9.97. The van der Waals surface area contributed by atoms with Crippen molar-refractivity contribution in [2.24, 2.45) is 0 Å². The minimum atomic E-state index is -0.426. The second kappa shape index (κ2) is 9.75. The monoisotopic (exact) mass is 531 g/mol. The van der Waals surface area contributed by atoms with Gasteiger partial charge in [-0.1, -0.05) is 84.9 Å². The van der Waals surface area contributed by atoms with Gasteiger partial charge in [-0.15, -0.1) is 0 Å². The van der Waals surface area contributed by atoms with Crippen LogP contribution in [0.1, 0.15) is 46.1 Å². The number of hydrogen-bond acceptors (Lipinski definition) is 5. The van der Waals surface area contributed by atoms with E-state index in [1.807, 2.05) is 82.4 Å². The summed E-state index contributed by atoms with van der Waals surface area (Å²) >= 11 is 0. The van der Waals surface area contributed by atoms with Crippen LogP contribution in [0.4, 0.5) is 0 Å². The van der Waals surface area contributed by atoms with Gasteiger partial charge in [0.25, 0.3) is 5.91 Å². The first-order chi connectivity index (χ1) is 19.6. The van der Waals surface area contributed by atoms with Crippen LogP contribution in [-0.2, 0) is 6.61 Å². The van der Waals surface area contributed by atoms with E-state index in [9.17, 15) is 9.59 Å². The standard InChI is InChI=1S/C33H29N3O4/c37-27-16-20-35-30(31(27)40-22-24-10-3-1-4-11-24)32(38)34-23-36(35)29(25-12-5-2-6-13-25)26-14-7-8-15-28(26)39-21-9-17-33(34)18-19-33/h1-17,20,29H,18-19,21-23H2/b17-9+. The highest BCUT2D eigenvalue weighted by Gasteiger charge is 2.52. The van der Waals surface area contributed by atoms with Crippen LogP contribution in [0, 0.1) is 0 Å². The molecule has 0 saturated heterocycles. The average molecular weight is 532 g/mol. The number of carbonyl (C=O) groups excluding carboxylic acids is 1. The van der Waals surface area contributed by atoms with Crippen LogP contribution in [0.25, 0.3) is 0 Å². The maximum atomic E-state index is 14.3. The third kappa shape index (κ3) is 4.14. The summed E-state index contributed by atoms with van der Waals surface area (Å²) in [5.41, 5.74) is 2.43. The van der Waals surface area contributed by atoms with E-state index in [0.29, 0.717) is 13.3 Å². The SMILES string of the molecule is O=C1c2c(OCc3ccccc3)c(=O)ccn2N2CN1C1(/C=C/COc3ccccc3C2c2ccccc2)CC1. The molecule has 7 nitrogen and oxygen atoms in total. The first-order valence-electron chi connectivity index (χ1n) is 13.6. The summed E-state index contributed by atoms with van der Waals surface area (Å²) in [5, 5.41) is 2.14. The maximum absolute atomic E-state index is 14.3. The fourth-order valence-electron chi connectivity index (χ4n) is 5.79. The van der Waals surface area contributed by atoms with E-state index in [1.165, 1.54) is 6.07 Å². The number of rotatable bonds is 4. The van der Waals surface area contributed by atoms with Gasteiger partial charge in [0.2, 0.25) is 5.43 Å². The van der Waals surface area contributed by atoms with Crippen LogP contribution in [0.3, 0.4) is 0 Å². The van der Waals surface area contributed by atoms with Gasteiger partial charge in [0, 0.05) is 17.8 Å². The largest absolute Gasteiger partial charge is 0.489 e. The maximum Gasteiger partial charge on any atom is 0.278 e. The average Bonchev–Trinajstić information content (AvgIpc) is 3.78. The zero-order valence-corrected chi connectivity index (χ0v) is 22.0. The smallest absolute Gasteiger partial charge is 0.278 e. The number of fused-ring (bicyclic) bond motifs is 6. The normalized spacial score (nSPS) is 19.6. The molecule has 1 spiro atoms. The second-order valence-corrected chi connectivity index (χ2v) is 10.5. The summed E-state index contributed by atoms with van der Waals surface area (Å²) in [4.78, 5) is 29.5. The summed E-state index contributed by atoms with van der Waals surface area (Å²) in [6.07, 6.45) is 7.49. The van der Waals surface area contributed by atoms with Crippen molar-refractivity contribution in [3.8, 4) is 11.5 Å². The summed E-state index contributed by atoms with van der Waals surface area (Å²) in [7, 11) is 0. The van der Waals surface area contributed by atoms with E-state index in [0.717, 1.165) is 35.3 Å². The Balaban J connectivity index is 1.44. The number of hydrogen-bond donors (Lipinski definition) is 0. The molecule has 1 unspecified atom stereocenters. The van der Waals surface area contributed by atoms with Crippen molar-refractivity contribution in [2.45, 2.75) is 31.0 Å². The van der Waals surface area contributed by atoms with Gasteiger partial charge in [-0.2, -0.15) is 0 Å². The van der Waals surface area contributed by atoms with E-state index >= 15 is 0 Å². The third-order valence-electron chi connectivity index (χ3n) is 7.96. The van der Waals surface area contributed by atoms with Gasteiger partial charge < -0.3 is 14.4 Å². The molecule has 1 amide bonds. The van der Waals surface area contributed by atoms with Crippen LogP contribution in [0.2, 0.25) is 0 Å². The highest BCUT2D eigenvalue weighted by Crippen LogP contribution is 2.47. The molecule has 7 heteroatoms. The number of para-hydroxylation sites is 1. The molecule has 3 aliphatic rings. The topological polar surface area (TPSA) is 64.0 Å². The molecular formula is C33H29N3O4. The lowest BCUT2D eigenvalue weighted by Crippen LogP contribution is -2.58. The first kappa shape index (κ1) is 24.3. The van der Waals surface area contributed by atoms with Crippen molar-refractivity contribution in [3.63, 3.8) is 0 Å². The number of carbonyl (C=O) groups is 1. The molecule has 7 rings (SSSR count). The molecule has 200 valence electrons. The number of pyridine rings is 1. The van der Waals surface area contributed by atoms with Crippen molar-refractivity contribution >= 4 is 5.91 Å². The van der Waals surface area contributed by atoms with Gasteiger partial charge in [-0.3, -0.25) is 19.3 Å². The minimum Gasteiger partial charge on any atom is -0.489 e. The summed E-state index contributed by atoms with van der Waals surface area (Å²) in [6, 6.07) is 29.1. The molecule has 1 aromatic heterocycles. The minimum absolute atomic E-state index is 0.0667. The van der Waals surface area contributed by atoms with Gasteiger partial charge in [-0.05, 0) is 36.1 Å². The Labute approximate surface area is 232 Å². The van der Waals surface area contributed by atoms with Crippen LogP contribution >= 0.6 is 0 Å². The second-order valence-electron chi connectivity index (χ2n) is 10.5. The molecule has 3 aromatic carbocycles. The van der Waals surface area contributed by atoms with Crippen molar-refractivity contribution in [1.82, 2.24) is 9.58 Å². The first-order valence-corrected chi connectivity index (χ1v) is 13.6. The Bertz CT molecular complexity index is 1640. The molecule has 1 aliphatic carbocycles. The molecule has 1 fully saturated rings. The number of aromatic nitrogens is 1. The van der Waals surface area contributed by atoms with E-state index in [4.69, 9.17) is 9.47 Å². The van der Waals surface area contributed by atoms with Gasteiger partial charge >= 0.3 is 0 Å². The number of amides is 1. The van der Waals surface area contributed by atoms with Crippen molar-refractivity contribution in [1.29, 1.82) is 0 Å². The van der Waals surface area contributed by atoms with Crippen LogP contribution in [0.5, 0.6) is 11.5 Å². The Kier molecular flexibility index (Phi) is 5.92. The Morgan fingerprint density at radius 1 is 0.875 bits per heavy atom. The van der Waals surface area contributed by atoms with Gasteiger partial charge in [-0.25, -0.2) is 0 Å². The number of benzene rings is 3.